The van der Waals surface area contributed by atoms with E-state index >= 15 is 0 Å². The lowest BCUT2D eigenvalue weighted by atomic mass is 9.85. The molecule has 98 valence electrons. The van der Waals surface area contributed by atoms with Gasteiger partial charge >= 0.3 is 0 Å². The van der Waals surface area contributed by atoms with E-state index < -0.39 is 0 Å². The van der Waals surface area contributed by atoms with Gasteiger partial charge in [0, 0.05) is 23.1 Å². The molecule has 1 aliphatic carbocycles. The summed E-state index contributed by atoms with van der Waals surface area (Å²) in [6, 6.07) is 5.91. The molecular weight excluding hydrogens is 290 g/mol. The molecule has 1 saturated carbocycles. The number of nitrogens with one attached hydrogen (secondary N) is 1. The molecule has 2 rings (SSSR count). The molecule has 18 heavy (non-hydrogen) atoms. The molecule has 0 aromatic heterocycles. The summed E-state index contributed by atoms with van der Waals surface area (Å²) in [6.07, 6.45) is 4.10. The highest BCUT2D eigenvalue weighted by atomic mass is 79.9. The van der Waals surface area contributed by atoms with Gasteiger partial charge in [0.25, 0.3) is 0 Å². The normalized spacial score (nSPS) is 15.2. The number of benzene rings is 1. The maximum atomic E-state index is 7.45. The molecule has 1 fully saturated rings. The molecule has 0 atom stereocenters. The van der Waals surface area contributed by atoms with Crippen LogP contribution in [0.3, 0.4) is 0 Å². The average Bonchev–Trinajstić information content (AvgIpc) is 2.29. The zero-order valence-electron chi connectivity index (χ0n) is 10.7. The fourth-order valence-corrected chi connectivity index (χ4v) is 2.95. The predicted octanol–water partition coefficient (Wildman–Crippen LogP) is 3.36. The highest BCUT2D eigenvalue weighted by Gasteiger charge is 2.21. The summed E-state index contributed by atoms with van der Waals surface area (Å²) in [5, 5.41) is 7.45. The van der Waals surface area contributed by atoms with Crippen LogP contribution in [-0.2, 0) is 0 Å². The van der Waals surface area contributed by atoms with Crippen LogP contribution in [0.2, 0.25) is 0 Å². The van der Waals surface area contributed by atoms with Gasteiger partial charge in [0.15, 0.2) is 0 Å². The van der Waals surface area contributed by atoms with Crippen molar-refractivity contribution in [1.29, 1.82) is 5.41 Å². The Labute approximate surface area is 117 Å². The first-order valence-corrected chi connectivity index (χ1v) is 7.30. The van der Waals surface area contributed by atoms with E-state index in [0.29, 0.717) is 0 Å². The Kier molecular flexibility index (Phi) is 4.27. The zero-order valence-corrected chi connectivity index (χ0v) is 12.3. The number of anilines is 1. The highest BCUT2D eigenvalue weighted by molar-refractivity contribution is 9.10. The molecule has 1 aromatic rings. The second-order valence-electron chi connectivity index (χ2n) is 4.92. The fourth-order valence-electron chi connectivity index (χ4n) is 2.32. The minimum Gasteiger partial charge on any atom is -0.384 e. The van der Waals surface area contributed by atoms with Crippen molar-refractivity contribution in [2.24, 2.45) is 11.7 Å². The average molecular weight is 310 g/mol. The number of rotatable bonds is 5. The monoisotopic (exact) mass is 309 g/mol. The van der Waals surface area contributed by atoms with Crippen LogP contribution < -0.4 is 10.6 Å². The van der Waals surface area contributed by atoms with E-state index in [9.17, 15) is 0 Å². The molecular formula is C14H20BrN3. The van der Waals surface area contributed by atoms with Gasteiger partial charge in [0.2, 0.25) is 0 Å². The first-order valence-electron chi connectivity index (χ1n) is 6.50. The fraction of sp³-hybridized carbons (Fsp3) is 0.500. The summed E-state index contributed by atoms with van der Waals surface area (Å²) in [5.74, 6) is 0.966. The smallest absolute Gasteiger partial charge is 0.122 e. The molecule has 0 bridgehead atoms. The van der Waals surface area contributed by atoms with E-state index in [1.807, 2.05) is 12.1 Å². The first kappa shape index (κ1) is 13.4. The molecule has 1 aromatic carbocycles. The Morgan fingerprint density at radius 2 is 2.22 bits per heavy atom. The van der Waals surface area contributed by atoms with Gasteiger partial charge in [0.1, 0.15) is 5.84 Å². The summed E-state index contributed by atoms with van der Waals surface area (Å²) in [4.78, 5) is 2.40. The quantitative estimate of drug-likeness (QED) is 0.647. The molecule has 1 aliphatic rings. The zero-order chi connectivity index (χ0) is 13.1. The molecule has 0 heterocycles. The molecule has 3 N–H and O–H groups in total. The third-order valence-electron chi connectivity index (χ3n) is 3.68. The molecule has 0 amide bonds. The number of hydrogen-bond acceptors (Lipinski definition) is 2. The molecule has 0 aliphatic heterocycles. The van der Waals surface area contributed by atoms with Crippen LogP contribution in [0.4, 0.5) is 5.69 Å². The Balaban J connectivity index is 2.16. The summed E-state index contributed by atoms with van der Waals surface area (Å²) in [5.41, 5.74) is 7.47. The minimum absolute atomic E-state index is 0.115. The van der Waals surface area contributed by atoms with Crippen molar-refractivity contribution in [3.05, 3.63) is 28.2 Å². The van der Waals surface area contributed by atoms with Gasteiger partial charge < -0.3 is 10.6 Å². The maximum absolute atomic E-state index is 7.45. The van der Waals surface area contributed by atoms with Gasteiger partial charge in [-0.3, -0.25) is 5.41 Å². The SMILES string of the molecule is CCN(CC1CCC1)c1ccc(C(=N)N)cc1Br. The Bertz CT molecular complexity index is 441. The number of nitrogens with zero attached hydrogens (tertiary/aromatic N) is 1. The summed E-state index contributed by atoms with van der Waals surface area (Å²) in [6.45, 7) is 4.33. The van der Waals surface area contributed by atoms with Crippen LogP contribution in [0.15, 0.2) is 22.7 Å². The molecule has 0 unspecified atom stereocenters. The van der Waals surface area contributed by atoms with Crippen molar-refractivity contribution in [3.63, 3.8) is 0 Å². The largest absolute Gasteiger partial charge is 0.384 e. The van der Waals surface area contributed by atoms with Gasteiger partial charge in [-0.15, -0.1) is 0 Å². The Morgan fingerprint density at radius 3 is 2.67 bits per heavy atom. The standard InChI is InChI=1S/C14H20BrN3/c1-2-18(9-10-4-3-5-10)13-7-6-11(14(16)17)8-12(13)15/h6-8,10H,2-5,9H2,1H3,(H3,16,17). The van der Waals surface area contributed by atoms with E-state index in [-0.39, 0.29) is 5.84 Å². The van der Waals surface area contributed by atoms with Gasteiger partial charge in [-0.05, 0) is 59.8 Å². The van der Waals surface area contributed by atoms with E-state index in [0.717, 1.165) is 29.0 Å². The van der Waals surface area contributed by atoms with Crippen LogP contribution in [-0.4, -0.2) is 18.9 Å². The lowest BCUT2D eigenvalue weighted by Gasteiger charge is -2.33. The minimum atomic E-state index is 0.115. The van der Waals surface area contributed by atoms with Gasteiger partial charge in [-0.1, -0.05) is 6.42 Å². The predicted molar refractivity (Wildman–Crippen MR) is 80.4 cm³/mol. The number of hydrogen-bond donors (Lipinski definition) is 2. The summed E-state index contributed by atoms with van der Waals surface area (Å²) < 4.78 is 1.02. The second-order valence-corrected chi connectivity index (χ2v) is 5.77. The maximum Gasteiger partial charge on any atom is 0.122 e. The number of nitrogen functional groups attached to an aromatic ring is 1. The van der Waals surface area contributed by atoms with Crippen molar-refractivity contribution in [3.8, 4) is 0 Å². The highest BCUT2D eigenvalue weighted by Crippen LogP contribution is 2.32. The lowest BCUT2D eigenvalue weighted by Crippen LogP contribution is -2.32. The molecule has 0 spiro atoms. The third-order valence-corrected chi connectivity index (χ3v) is 4.32. The summed E-state index contributed by atoms with van der Waals surface area (Å²) >= 11 is 3.59. The van der Waals surface area contributed by atoms with E-state index in [1.165, 1.54) is 24.9 Å². The van der Waals surface area contributed by atoms with E-state index in [2.05, 4.69) is 33.8 Å². The number of halogens is 1. The van der Waals surface area contributed by atoms with Gasteiger partial charge in [0.05, 0.1) is 5.69 Å². The van der Waals surface area contributed by atoms with Crippen LogP contribution in [0, 0.1) is 11.3 Å². The molecule has 4 heteroatoms. The second kappa shape index (κ2) is 5.74. The van der Waals surface area contributed by atoms with Crippen molar-refractivity contribution < 1.29 is 0 Å². The Hall–Kier alpha value is -1.03. The molecule has 0 radical (unpaired) electrons. The van der Waals surface area contributed by atoms with Crippen LogP contribution in [0.1, 0.15) is 31.7 Å². The van der Waals surface area contributed by atoms with Crippen LogP contribution >= 0.6 is 15.9 Å². The van der Waals surface area contributed by atoms with Crippen molar-refractivity contribution >= 4 is 27.5 Å². The van der Waals surface area contributed by atoms with Gasteiger partial charge in [-0.2, -0.15) is 0 Å². The first-order chi connectivity index (χ1) is 8.61. The van der Waals surface area contributed by atoms with Gasteiger partial charge in [-0.25, -0.2) is 0 Å². The third kappa shape index (κ3) is 2.86. The van der Waals surface area contributed by atoms with Crippen LogP contribution in [0.5, 0.6) is 0 Å². The molecule has 0 saturated heterocycles. The Morgan fingerprint density at radius 1 is 1.50 bits per heavy atom. The van der Waals surface area contributed by atoms with Crippen molar-refractivity contribution in [2.45, 2.75) is 26.2 Å². The van der Waals surface area contributed by atoms with Crippen molar-refractivity contribution in [1.82, 2.24) is 0 Å². The number of nitrogens with two attached hydrogens (primary N) is 1. The van der Waals surface area contributed by atoms with E-state index in [4.69, 9.17) is 11.1 Å². The summed E-state index contributed by atoms with van der Waals surface area (Å²) in [7, 11) is 0. The lowest BCUT2D eigenvalue weighted by molar-refractivity contribution is 0.318. The number of amidine groups is 1. The van der Waals surface area contributed by atoms with Crippen LogP contribution in [0.25, 0.3) is 0 Å². The van der Waals surface area contributed by atoms with Crippen molar-refractivity contribution in [2.75, 3.05) is 18.0 Å². The molecule has 3 nitrogen and oxygen atoms in total. The van der Waals surface area contributed by atoms with E-state index in [1.54, 1.807) is 0 Å². The topological polar surface area (TPSA) is 53.1 Å².